The van der Waals surface area contributed by atoms with Gasteiger partial charge in [0.15, 0.2) is 13.7 Å². The number of fused-ring (bicyclic) bond motifs is 6. The summed E-state index contributed by atoms with van der Waals surface area (Å²) in [6, 6.07) is 63.7. The lowest BCUT2D eigenvalue weighted by atomic mass is 9.74. The van der Waals surface area contributed by atoms with Gasteiger partial charge in [-0.1, -0.05) is 153 Å². The molecule has 54 heavy (non-hydrogen) atoms. The van der Waals surface area contributed by atoms with Crippen LogP contribution >= 0.6 is 0 Å². The number of furan rings is 1. The largest absolute Gasteiger partial charge is 0.454 e. The molecular formula is C49H37N3OSi. The third-order valence-corrected chi connectivity index (χ3v) is 16.0. The summed E-state index contributed by atoms with van der Waals surface area (Å²) in [4.78, 5) is 12.2. The number of benzene rings is 6. The maximum absolute atomic E-state index is 6.80. The molecule has 0 fully saturated rings. The summed E-state index contributed by atoms with van der Waals surface area (Å²) < 4.78 is 6.80. The Balaban J connectivity index is 1.28. The number of hydrogen-bond acceptors (Lipinski definition) is 4. The van der Waals surface area contributed by atoms with Gasteiger partial charge in [0, 0.05) is 45.4 Å². The van der Waals surface area contributed by atoms with E-state index < -0.39 is 8.07 Å². The molecule has 0 radical (unpaired) electrons. The number of anilines is 3. The second-order valence-corrected chi connectivity index (χ2v) is 18.4. The quantitative estimate of drug-likeness (QED) is 0.127. The summed E-state index contributed by atoms with van der Waals surface area (Å²) in [7, 11) is -2.95. The second-order valence-electron chi connectivity index (χ2n) is 14.6. The van der Waals surface area contributed by atoms with Crippen molar-refractivity contribution in [2.75, 3.05) is 4.90 Å². The van der Waals surface area contributed by atoms with Crippen molar-refractivity contribution in [3.8, 4) is 11.3 Å². The van der Waals surface area contributed by atoms with Gasteiger partial charge in [-0.05, 0) is 62.7 Å². The van der Waals surface area contributed by atoms with E-state index in [1.165, 1.54) is 31.9 Å². The van der Waals surface area contributed by atoms with Gasteiger partial charge in [0.1, 0.15) is 11.4 Å². The highest BCUT2D eigenvalue weighted by atomic mass is 28.3. The van der Waals surface area contributed by atoms with Crippen molar-refractivity contribution in [3.05, 3.63) is 199 Å². The maximum Gasteiger partial charge on any atom is 0.179 e. The fourth-order valence-electron chi connectivity index (χ4n) is 8.77. The van der Waals surface area contributed by atoms with Crippen molar-refractivity contribution in [1.29, 1.82) is 0 Å². The van der Waals surface area contributed by atoms with Crippen LogP contribution in [-0.2, 0) is 5.41 Å². The molecule has 10 rings (SSSR count). The van der Waals surface area contributed by atoms with Gasteiger partial charge in [0.05, 0.1) is 11.4 Å². The van der Waals surface area contributed by atoms with Crippen LogP contribution < -0.4 is 25.6 Å². The Labute approximate surface area is 316 Å². The van der Waals surface area contributed by atoms with E-state index in [0.717, 1.165) is 50.4 Å². The van der Waals surface area contributed by atoms with E-state index in [2.05, 4.69) is 183 Å². The van der Waals surface area contributed by atoms with Crippen LogP contribution in [0.2, 0.25) is 0 Å². The van der Waals surface area contributed by atoms with Crippen LogP contribution in [0, 0.1) is 0 Å². The molecule has 9 aromatic rings. The van der Waals surface area contributed by atoms with Crippen LogP contribution in [0.5, 0.6) is 0 Å². The van der Waals surface area contributed by atoms with E-state index in [0.29, 0.717) is 0 Å². The predicted molar refractivity (Wildman–Crippen MR) is 225 cm³/mol. The van der Waals surface area contributed by atoms with Gasteiger partial charge in [-0.15, -0.1) is 0 Å². The summed E-state index contributed by atoms with van der Waals surface area (Å²) >= 11 is 0. The van der Waals surface area contributed by atoms with E-state index in [-0.39, 0.29) is 5.41 Å². The van der Waals surface area contributed by atoms with Gasteiger partial charge in [-0.3, -0.25) is 9.88 Å². The fourth-order valence-corrected chi connectivity index (χ4v) is 13.6. The molecule has 0 unspecified atom stereocenters. The summed E-state index contributed by atoms with van der Waals surface area (Å²) in [5.74, 6) is 0.920. The predicted octanol–water partition coefficient (Wildman–Crippen LogP) is 9.53. The molecule has 3 aromatic heterocycles. The molecular weight excluding hydrogens is 675 g/mol. The summed E-state index contributed by atoms with van der Waals surface area (Å²) in [5.41, 5.74) is 7.98. The molecule has 0 aliphatic carbocycles. The number of hydrogen-bond donors (Lipinski definition) is 0. The first-order valence-electron chi connectivity index (χ1n) is 18.5. The summed E-state index contributed by atoms with van der Waals surface area (Å²) in [5, 5.41) is 7.40. The van der Waals surface area contributed by atoms with Crippen molar-refractivity contribution in [2.45, 2.75) is 19.3 Å². The number of para-hydroxylation sites is 1. The lowest BCUT2D eigenvalue weighted by molar-refractivity contribution is 0.620. The zero-order valence-corrected chi connectivity index (χ0v) is 31.1. The Morgan fingerprint density at radius 1 is 0.519 bits per heavy atom. The molecule has 0 saturated carbocycles. The van der Waals surface area contributed by atoms with Crippen LogP contribution in [0.25, 0.3) is 33.2 Å². The highest BCUT2D eigenvalue weighted by Crippen LogP contribution is 2.54. The number of nitrogens with zero attached hydrogens (tertiary/aromatic N) is 3. The minimum atomic E-state index is -2.95. The Kier molecular flexibility index (Phi) is 7.46. The van der Waals surface area contributed by atoms with Crippen molar-refractivity contribution < 1.29 is 4.42 Å². The molecule has 0 saturated heterocycles. The first-order chi connectivity index (χ1) is 26.5. The third-order valence-electron chi connectivity index (χ3n) is 11.3. The first-order valence-corrected chi connectivity index (χ1v) is 20.5. The lowest BCUT2D eigenvalue weighted by Gasteiger charge is -2.41. The lowest BCUT2D eigenvalue weighted by Crippen LogP contribution is -2.74. The third kappa shape index (κ3) is 4.82. The average molecular weight is 712 g/mol. The van der Waals surface area contributed by atoms with E-state index in [1.807, 2.05) is 24.5 Å². The highest BCUT2D eigenvalue weighted by Gasteiger charge is 2.44. The zero-order chi connectivity index (χ0) is 36.3. The Hall–Kier alpha value is -6.56. The van der Waals surface area contributed by atoms with Crippen LogP contribution in [0.4, 0.5) is 17.2 Å². The molecule has 4 heterocycles. The molecule has 0 atom stereocenters. The number of aromatic nitrogens is 2. The molecule has 1 aliphatic rings. The topological polar surface area (TPSA) is 42.2 Å². The molecule has 0 amide bonds. The Morgan fingerprint density at radius 2 is 1.19 bits per heavy atom. The van der Waals surface area contributed by atoms with Gasteiger partial charge in [-0.2, -0.15) is 0 Å². The summed E-state index contributed by atoms with van der Waals surface area (Å²) in [6.45, 7) is 4.60. The van der Waals surface area contributed by atoms with Crippen molar-refractivity contribution in [1.82, 2.24) is 9.97 Å². The van der Waals surface area contributed by atoms with E-state index in [9.17, 15) is 0 Å². The number of pyridine rings is 2. The Bertz CT molecular complexity index is 2770. The van der Waals surface area contributed by atoms with Gasteiger partial charge >= 0.3 is 0 Å². The summed E-state index contributed by atoms with van der Waals surface area (Å²) in [6.07, 6.45) is 3.78. The van der Waals surface area contributed by atoms with Crippen LogP contribution in [-0.4, -0.2) is 18.0 Å². The van der Waals surface area contributed by atoms with Gasteiger partial charge in [0.2, 0.25) is 0 Å². The van der Waals surface area contributed by atoms with Crippen LogP contribution in [0.15, 0.2) is 193 Å². The standard InChI is InChI=1S/C49H37N3OSi/c1-49(2)42-29-28-41-40-24-9-10-27-45(40)53-47(41)46(42)52(48-43(49)25-15-31-51-48)35-17-14-23-39(33-35)54(36-18-5-3-6-19-36,37-20-7-4-8-21-37)38-22-13-16-34(32-38)44-26-11-12-30-50-44/h3-33H,1-2H3. The molecule has 0 N–H and O–H groups in total. The monoisotopic (exact) mass is 711 g/mol. The average Bonchev–Trinajstić information content (AvgIpc) is 3.62. The maximum atomic E-state index is 6.80. The van der Waals surface area contributed by atoms with Gasteiger partial charge < -0.3 is 4.42 Å². The normalized spacial score (nSPS) is 13.5. The van der Waals surface area contributed by atoms with E-state index >= 15 is 0 Å². The molecule has 258 valence electrons. The molecule has 1 aliphatic heterocycles. The fraction of sp³-hybridized carbons (Fsp3) is 0.0612. The molecule has 5 heteroatoms. The zero-order valence-electron chi connectivity index (χ0n) is 30.1. The molecule has 4 nitrogen and oxygen atoms in total. The van der Waals surface area contributed by atoms with Crippen molar-refractivity contribution >= 4 is 68.0 Å². The second kappa shape index (κ2) is 12.5. The van der Waals surface area contributed by atoms with Crippen molar-refractivity contribution in [2.24, 2.45) is 0 Å². The molecule has 0 bridgehead atoms. The molecule has 0 spiro atoms. The van der Waals surface area contributed by atoms with Gasteiger partial charge in [-0.25, -0.2) is 4.98 Å². The highest BCUT2D eigenvalue weighted by molar-refractivity contribution is 7.20. The van der Waals surface area contributed by atoms with Crippen LogP contribution in [0.1, 0.15) is 25.0 Å². The SMILES string of the molecule is CC1(C)c2cccnc2N(c2cccc([Si](c3ccccc3)(c3ccccc3)c3cccc(-c4ccccn4)c3)c2)c2c1ccc1c2oc2ccccc21. The Morgan fingerprint density at radius 3 is 1.94 bits per heavy atom. The van der Waals surface area contributed by atoms with E-state index in [4.69, 9.17) is 14.4 Å². The number of rotatable bonds is 6. The van der Waals surface area contributed by atoms with E-state index in [1.54, 1.807) is 0 Å². The minimum Gasteiger partial charge on any atom is -0.454 e. The van der Waals surface area contributed by atoms with Crippen LogP contribution in [0.3, 0.4) is 0 Å². The van der Waals surface area contributed by atoms with Gasteiger partial charge in [0.25, 0.3) is 0 Å². The smallest absolute Gasteiger partial charge is 0.179 e. The van der Waals surface area contributed by atoms with Crippen molar-refractivity contribution in [3.63, 3.8) is 0 Å². The molecule has 6 aromatic carbocycles. The minimum absolute atomic E-state index is 0.307. The first kappa shape index (κ1) is 32.1.